The van der Waals surface area contributed by atoms with Crippen molar-refractivity contribution in [2.24, 2.45) is 7.05 Å². The zero-order chi connectivity index (χ0) is 13.4. The molecule has 0 atom stereocenters. The van der Waals surface area contributed by atoms with Crippen LogP contribution in [0.25, 0.3) is 11.0 Å². The van der Waals surface area contributed by atoms with Gasteiger partial charge in [-0.15, -0.1) is 0 Å². The summed E-state index contributed by atoms with van der Waals surface area (Å²) in [6.45, 7) is 1.92. The minimum atomic E-state index is 0.492. The van der Waals surface area contributed by atoms with E-state index in [9.17, 15) is 0 Å². The normalized spacial score (nSPS) is 10.8. The third-order valence-electron chi connectivity index (χ3n) is 3.14. The van der Waals surface area contributed by atoms with Crippen LogP contribution in [0.2, 0.25) is 0 Å². The fraction of sp³-hybridized carbons (Fsp3) is 0.143. The maximum atomic E-state index is 5.87. The number of nitrogens with two attached hydrogens (primary N) is 1. The van der Waals surface area contributed by atoms with Gasteiger partial charge in [0.05, 0.1) is 11.8 Å². The quantitative estimate of drug-likeness (QED) is 0.714. The second kappa shape index (κ2) is 4.28. The van der Waals surface area contributed by atoms with Crippen LogP contribution >= 0.6 is 0 Å². The highest BCUT2D eigenvalue weighted by molar-refractivity contribution is 5.80. The van der Waals surface area contributed by atoms with E-state index in [1.54, 1.807) is 12.5 Å². The second-order valence-corrected chi connectivity index (χ2v) is 4.41. The number of benzene rings is 1. The van der Waals surface area contributed by atoms with Crippen molar-refractivity contribution in [3.05, 3.63) is 42.4 Å². The number of imidazole rings is 1. The lowest BCUT2D eigenvalue weighted by Crippen LogP contribution is -1.95. The molecule has 1 aromatic carbocycles. The number of pyridine rings is 1. The first-order valence-electron chi connectivity index (χ1n) is 5.96. The summed E-state index contributed by atoms with van der Waals surface area (Å²) in [7, 11) is 1.94. The van der Waals surface area contributed by atoms with E-state index >= 15 is 0 Å². The highest BCUT2D eigenvalue weighted by Gasteiger charge is 2.11. The predicted molar refractivity (Wildman–Crippen MR) is 74.2 cm³/mol. The van der Waals surface area contributed by atoms with Gasteiger partial charge in [-0.05, 0) is 25.1 Å². The molecule has 96 valence electrons. The molecule has 0 saturated heterocycles. The SMILES string of the molecule is Cc1c(N)cccc1Oc1nccc2c1ncn2C. The van der Waals surface area contributed by atoms with Gasteiger partial charge in [0, 0.05) is 24.5 Å². The summed E-state index contributed by atoms with van der Waals surface area (Å²) >= 11 is 0. The fourth-order valence-corrected chi connectivity index (χ4v) is 1.96. The maximum absolute atomic E-state index is 5.87. The van der Waals surface area contributed by atoms with Gasteiger partial charge < -0.3 is 15.0 Å². The lowest BCUT2D eigenvalue weighted by molar-refractivity contribution is 0.465. The molecule has 0 saturated carbocycles. The third-order valence-corrected chi connectivity index (χ3v) is 3.14. The first-order chi connectivity index (χ1) is 9.16. The van der Waals surface area contributed by atoms with E-state index in [2.05, 4.69) is 9.97 Å². The number of fused-ring (bicyclic) bond motifs is 1. The number of aromatic nitrogens is 3. The topological polar surface area (TPSA) is 66.0 Å². The van der Waals surface area contributed by atoms with E-state index < -0.39 is 0 Å². The van der Waals surface area contributed by atoms with E-state index in [4.69, 9.17) is 10.5 Å². The van der Waals surface area contributed by atoms with Crippen LogP contribution in [-0.4, -0.2) is 14.5 Å². The summed E-state index contributed by atoms with van der Waals surface area (Å²) in [5.74, 6) is 1.19. The Kier molecular flexibility index (Phi) is 2.59. The molecule has 0 aliphatic heterocycles. The van der Waals surface area contributed by atoms with Crippen molar-refractivity contribution >= 4 is 16.7 Å². The molecule has 0 aliphatic rings. The van der Waals surface area contributed by atoms with Crippen molar-refractivity contribution in [1.82, 2.24) is 14.5 Å². The molecule has 0 radical (unpaired) electrons. The third kappa shape index (κ3) is 1.89. The molecule has 5 heteroatoms. The van der Waals surface area contributed by atoms with Gasteiger partial charge in [-0.2, -0.15) is 0 Å². The summed E-state index contributed by atoms with van der Waals surface area (Å²) in [6, 6.07) is 7.48. The molecule has 19 heavy (non-hydrogen) atoms. The van der Waals surface area contributed by atoms with Crippen molar-refractivity contribution in [1.29, 1.82) is 0 Å². The van der Waals surface area contributed by atoms with Crippen LogP contribution in [0, 0.1) is 6.92 Å². The van der Waals surface area contributed by atoms with Gasteiger partial charge in [0.2, 0.25) is 5.88 Å². The number of nitrogen functional groups attached to an aromatic ring is 1. The van der Waals surface area contributed by atoms with Crippen LogP contribution in [0.1, 0.15) is 5.56 Å². The first-order valence-corrected chi connectivity index (χ1v) is 5.96. The monoisotopic (exact) mass is 254 g/mol. The summed E-state index contributed by atoms with van der Waals surface area (Å²) in [5.41, 5.74) is 9.19. The highest BCUT2D eigenvalue weighted by atomic mass is 16.5. The van der Waals surface area contributed by atoms with Gasteiger partial charge in [-0.1, -0.05) is 6.07 Å². The average Bonchev–Trinajstić information content (AvgIpc) is 2.78. The minimum absolute atomic E-state index is 0.492. The van der Waals surface area contributed by atoms with E-state index in [1.165, 1.54) is 0 Å². The Bertz CT molecular complexity index is 748. The van der Waals surface area contributed by atoms with Crippen molar-refractivity contribution in [3.63, 3.8) is 0 Å². The molecule has 2 N–H and O–H groups in total. The van der Waals surface area contributed by atoms with Crippen LogP contribution in [0.5, 0.6) is 11.6 Å². The lowest BCUT2D eigenvalue weighted by Gasteiger charge is -2.09. The first kappa shape index (κ1) is 11.5. The maximum Gasteiger partial charge on any atom is 0.247 e. The van der Waals surface area contributed by atoms with Gasteiger partial charge in [0.25, 0.3) is 0 Å². The number of hydrogen-bond acceptors (Lipinski definition) is 4. The van der Waals surface area contributed by atoms with E-state index in [-0.39, 0.29) is 0 Å². The fourth-order valence-electron chi connectivity index (χ4n) is 1.96. The van der Waals surface area contributed by atoms with Crippen molar-refractivity contribution in [2.75, 3.05) is 5.73 Å². The molecule has 0 fully saturated rings. The molecular formula is C14H14N4O. The van der Waals surface area contributed by atoms with E-state index in [0.29, 0.717) is 17.3 Å². The van der Waals surface area contributed by atoms with Crippen molar-refractivity contribution in [2.45, 2.75) is 6.92 Å². The van der Waals surface area contributed by atoms with Crippen molar-refractivity contribution in [3.8, 4) is 11.6 Å². The Morgan fingerprint density at radius 2 is 2.05 bits per heavy atom. The molecule has 5 nitrogen and oxygen atoms in total. The van der Waals surface area contributed by atoms with Crippen LogP contribution in [0.3, 0.4) is 0 Å². The molecule has 3 aromatic rings. The smallest absolute Gasteiger partial charge is 0.247 e. The van der Waals surface area contributed by atoms with Gasteiger partial charge in [-0.25, -0.2) is 9.97 Å². The second-order valence-electron chi connectivity index (χ2n) is 4.41. The lowest BCUT2D eigenvalue weighted by atomic mass is 10.2. The van der Waals surface area contributed by atoms with Gasteiger partial charge >= 0.3 is 0 Å². The summed E-state index contributed by atoms with van der Waals surface area (Å²) < 4.78 is 7.78. The molecular weight excluding hydrogens is 240 g/mol. The number of ether oxygens (including phenoxy) is 1. The zero-order valence-corrected chi connectivity index (χ0v) is 10.8. The van der Waals surface area contributed by atoms with Crippen molar-refractivity contribution < 1.29 is 4.74 Å². The van der Waals surface area contributed by atoms with E-state index in [0.717, 1.165) is 16.6 Å². The Balaban J connectivity index is 2.08. The molecule has 0 aliphatic carbocycles. The highest BCUT2D eigenvalue weighted by Crippen LogP contribution is 2.30. The molecule has 2 aromatic heterocycles. The number of aryl methyl sites for hydroxylation is 1. The largest absolute Gasteiger partial charge is 0.437 e. The van der Waals surface area contributed by atoms with Gasteiger partial charge in [0.15, 0.2) is 5.52 Å². The Morgan fingerprint density at radius 1 is 1.21 bits per heavy atom. The molecule has 0 unspecified atom stereocenters. The molecule has 0 spiro atoms. The van der Waals surface area contributed by atoms with Crippen LogP contribution in [-0.2, 0) is 7.05 Å². The molecule has 0 amide bonds. The predicted octanol–water partition coefficient (Wildman–Crippen LogP) is 2.65. The van der Waals surface area contributed by atoms with E-state index in [1.807, 2.05) is 42.8 Å². The summed E-state index contributed by atoms with van der Waals surface area (Å²) in [4.78, 5) is 8.56. The Labute approximate surface area is 110 Å². The average molecular weight is 254 g/mol. The number of nitrogens with zero attached hydrogens (tertiary/aromatic N) is 3. The van der Waals surface area contributed by atoms with Gasteiger partial charge in [-0.3, -0.25) is 0 Å². The summed E-state index contributed by atoms with van der Waals surface area (Å²) in [6.07, 6.45) is 3.45. The Hall–Kier alpha value is -2.56. The summed E-state index contributed by atoms with van der Waals surface area (Å²) in [5, 5.41) is 0. The number of hydrogen-bond donors (Lipinski definition) is 1. The van der Waals surface area contributed by atoms with Crippen LogP contribution in [0.15, 0.2) is 36.8 Å². The standard InChI is InChI=1S/C14H14N4O/c1-9-10(15)4-3-5-12(9)19-14-13-11(6-7-16-14)18(2)8-17-13/h3-8H,15H2,1-2H3. The van der Waals surface area contributed by atoms with Gasteiger partial charge in [0.1, 0.15) is 5.75 Å². The Morgan fingerprint density at radius 3 is 2.89 bits per heavy atom. The zero-order valence-electron chi connectivity index (χ0n) is 10.8. The van der Waals surface area contributed by atoms with Crippen LogP contribution in [0.4, 0.5) is 5.69 Å². The minimum Gasteiger partial charge on any atom is -0.437 e. The number of rotatable bonds is 2. The number of anilines is 1. The molecule has 0 bridgehead atoms. The van der Waals surface area contributed by atoms with Crippen LogP contribution < -0.4 is 10.5 Å². The molecule has 3 rings (SSSR count). The molecule has 2 heterocycles.